The van der Waals surface area contributed by atoms with E-state index < -0.39 is 0 Å². The Labute approximate surface area is 209 Å². The molecule has 0 unspecified atom stereocenters. The fourth-order valence-corrected chi connectivity index (χ4v) is 4.59. The minimum atomic E-state index is -0.0129. The molecule has 1 amide bonds. The van der Waals surface area contributed by atoms with Crippen LogP contribution in [0.3, 0.4) is 0 Å². The highest BCUT2D eigenvalue weighted by Crippen LogP contribution is 2.32. The SMILES string of the molecule is Cc1cccc(CNC(=O)C2CCN(c3ncccc3-c3nc(-c4cccc(Cl)c4)no3)CC2)c1. The molecule has 1 saturated heterocycles. The van der Waals surface area contributed by atoms with Crippen LogP contribution in [-0.2, 0) is 11.3 Å². The first kappa shape index (κ1) is 23.1. The van der Waals surface area contributed by atoms with Crippen molar-refractivity contribution in [2.24, 2.45) is 5.92 Å². The van der Waals surface area contributed by atoms with Gasteiger partial charge in [-0.15, -0.1) is 0 Å². The molecule has 1 fully saturated rings. The number of nitrogens with one attached hydrogen (secondary N) is 1. The molecule has 35 heavy (non-hydrogen) atoms. The van der Waals surface area contributed by atoms with Gasteiger partial charge in [-0.05, 0) is 49.6 Å². The number of piperidine rings is 1. The van der Waals surface area contributed by atoms with Gasteiger partial charge in [0.25, 0.3) is 5.89 Å². The Kier molecular flexibility index (Phi) is 6.77. The molecule has 5 rings (SSSR count). The Balaban J connectivity index is 1.24. The molecule has 7 nitrogen and oxygen atoms in total. The molecule has 0 spiro atoms. The molecule has 1 N–H and O–H groups in total. The second-order valence-corrected chi connectivity index (χ2v) is 9.21. The van der Waals surface area contributed by atoms with E-state index in [4.69, 9.17) is 16.1 Å². The largest absolute Gasteiger partial charge is 0.356 e. The maximum Gasteiger partial charge on any atom is 0.261 e. The number of rotatable bonds is 6. The lowest BCUT2D eigenvalue weighted by atomic mass is 9.95. The van der Waals surface area contributed by atoms with Crippen LogP contribution in [-0.4, -0.2) is 34.1 Å². The first-order chi connectivity index (χ1) is 17.1. The fourth-order valence-electron chi connectivity index (χ4n) is 4.40. The van der Waals surface area contributed by atoms with Gasteiger partial charge in [-0.2, -0.15) is 4.98 Å². The van der Waals surface area contributed by atoms with Crippen LogP contribution >= 0.6 is 11.6 Å². The predicted molar refractivity (Wildman–Crippen MR) is 136 cm³/mol. The van der Waals surface area contributed by atoms with Crippen LogP contribution in [0.4, 0.5) is 5.82 Å². The van der Waals surface area contributed by atoms with Gasteiger partial charge in [0.1, 0.15) is 5.82 Å². The molecular weight excluding hydrogens is 462 g/mol. The van der Waals surface area contributed by atoms with Gasteiger partial charge in [0.2, 0.25) is 11.7 Å². The molecule has 1 aliphatic heterocycles. The third kappa shape index (κ3) is 5.35. The zero-order chi connectivity index (χ0) is 24.2. The topological polar surface area (TPSA) is 84.2 Å². The quantitative estimate of drug-likeness (QED) is 0.397. The number of amides is 1. The van der Waals surface area contributed by atoms with Crippen LogP contribution in [0.15, 0.2) is 71.4 Å². The lowest BCUT2D eigenvalue weighted by Gasteiger charge is -2.32. The summed E-state index contributed by atoms with van der Waals surface area (Å²) in [7, 11) is 0. The van der Waals surface area contributed by atoms with Crippen molar-refractivity contribution in [2.45, 2.75) is 26.3 Å². The van der Waals surface area contributed by atoms with Crippen molar-refractivity contribution in [1.82, 2.24) is 20.4 Å². The summed E-state index contributed by atoms with van der Waals surface area (Å²) in [5.41, 5.74) is 3.87. The maximum atomic E-state index is 12.8. The van der Waals surface area contributed by atoms with Crippen molar-refractivity contribution in [2.75, 3.05) is 18.0 Å². The third-order valence-electron chi connectivity index (χ3n) is 6.24. The van der Waals surface area contributed by atoms with Crippen molar-refractivity contribution < 1.29 is 9.32 Å². The fraction of sp³-hybridized carbons (Fsp3) is 0.259. The molecule has 2 aromatic heterocycles. The number of hydrogen-bond acceptors (Lipinski definition) is 6. The van der Waals surface area contributed by atoms with Crippen molar-refractivity contribution >= 4 is 23.3 Å². The van der Waals surface area contributed by atoms with Gasteiger partial charge in [0.05, 0.1) is 5.56 Å². The highest BCUT2D eigenvalue weighted by Gasteiger charge is 2.27. The second kappa shape index (κ2) is 10.3. The highest BCUT2D eigenvalue weighted by atomic mass is 35.5. The molecule has 8 heteroatoms. The summed E-state index contributed by atoms with van der Waals surface area (Å²) < 4.78 is 5.58. The molecule has 1 aliphatic rings. The number of aromatic nitrogens is 3. The van der Waals surface area contributed by atoms with E-state index in [2.05, 4.69) is 44.4 Å². The Hall–Kier alpha value is -3.71. The Morgan fingerprint density at radius 1 is 1.11 bits per heavy atom. The van der Waals surface area contributed by atoms with Crippen LogP contribution in [0.2, 0.25) is 5.02 Å². The summed E-state index contributed by atoms with van der Waals surface area (Å²) in [6, 6.07) is 19.3. The smallest absolute Gasteiger partial charge is 0.261 e. The lowest BCUT2D eigenvalue weighted by Crippen LogP contribution is -2.40. The first-order valence-corrected chi connectivity index (χ1v) is 12.1. The normalized spacial score (nSPS) is 14.2. The lowest BCUT2D eigenvalue weighted by molar-refractivity contribution is -0.125. The molecule has 0 radical (unpaired) electrons. The number of pyridine rings is 1. The Morgan fingerprint density at radius 2 is 1.94 bits per heavy atom. The number of anilines is 1. The predicted octanol–water partition coefficient (Wildman–Crippen LogP) is 5.29. The average Bonchev–Trinajstić information content (AvgIpc) is 3.38. The number of aryl methyl sites for hydroxylation is 1. The van der Waals surface area contributed by atoms with Crippen LogP contribution < -0.4 is 10.2 Å². The highest BCUT2D eigenvalue weighted by molar-refractivity contribution is 6.30. The Morgan fingerprint density at radius 3 is 2.74 bits per heavy atom. The molecule has 0 aliphatic carbocycles. The minimum Gasteiger partial charge on any atom is -0.356 e. The molecule has 2 aromatic carbocycles. The zero-order valence-electron chi connectivity index (χ0n) is 19.4. The van der Waals surface area contributed by atoms with E-state index in [1.807, 2.05) is 36.4 Å². The standard InChI is InChI=1S/C27H26ClN5O2/c1-18-5-2-6-19(15-18)17-30-26(34)20-10-13-33(14-11-20)25-23(9-4-12-29-25)27-31-24(32-35-27)21-7-3-8-22(28)16-21/h2-9,12,15-16,20H,10-11,13-14,17H2,1H3,(H,30,34). The van der Waals surface area contributed by atoms with E-state index >= 15 is 0 Å². The number of carbonyl (C=O) groups excluding carboxylic acids is 1. The maximum absolute atomic E-state index is 12.8. The number of nitrogens with zero attached hydrogens (tertiary/aromatic N) is 4. The molecule has 4 aromatic rings. The second-order valence-electron chi connectivity index (χ2n) is 8.78. The van der Waals surface area contributed by atoms with Crippen molar-refractivity contribution in [3.05, 3.63) is 83.0 Å². The van der Waals surface area contributed by atoms with Crippen molar-refractivity contribution in [1.29, 1.82) is 0 Å². The summed E-state index contributed by atoms with van der Waals surface area (Å²) in [6.45, 7) is 4.06. The molecular formula is C27H26ClN5O2. The first-order valence-electron chi connectivity index (χ1n) is 11.7. The minimum absolute atomic E-state index is 0.0129. The third-order valence-corrected chi connectivity index (χ3v) is 6.48. The summed E-state index contributed by atoms with van der Waals surface area (Å²) >= 11 is 6.11. The summed E-state index contributed by atoms with van der Waals surface area (Å²) in [5, 5.41) is 7.84. The van der Waals surface area contributed by atoms with Gasteiger partial charge in [0, 0.05) is 42.3 Å². The summed E-state index contributed by atoms with van der Waals surface area (Å²) in [4.78, 5) is 24.1. The van der Waals surface area contributed by atoms with E-state index in [1.165, 1.54) is 5.56 Å². The van der Waals surface area contributed by atoms with E-state index in [9.17, 15) is 4.79 Å². The van der Waals surface area contributed by atoms with E-state index in [0.29, 0.717) is 23.3 Å². The summed E-state index contributed by atoms with van der Waals surface area (Å²) in [6.07, 6.45) is 3.27. The molecule has 178 valence electrons. The Bertz CT molecular complexity index is 1330. The van der Waals surface area contributed by atoms with Gasteiger partial charge >= 0.3 is 0 Å². The average molecular weight is 488 g/mol. The monoisotopic (exact) mass is 487 g/mol. The number of hydrogen-bond donors (Lipinski definition) is 1. The van der Waals surface area contributed by atoms with Crippen molar-refractivity contribution in [3.8, 4) is 22.8 Å². The van der Waals surface area contributed by atoms with Gasteiger partial charge in [0.15, 0.2) is 0 Å². The van der Waals surface area contributed by atoms with Gasteiger partial charge in [-0.1, -0.05) is 58.7 Å². The van der Waals surface area contributed by atoms with Crippen LogP contribution in [0.5, 0.6) is 0 Å². The summed E-state index contributed by atoms with van der Waals surface area (Å²) in [5.74, 6) is 1.76. The molecule has 0 atom stereocenters. The van der Waals surface area contributed by atoms with Gasteiger partial charge < -0.3 is 14.7 Å². The number of carbonyl (C=O) groups is 1. The van der Waals surface area contributed by atoms with Gasteiger partial charge in [-0.3, -0.25) is 4.79 Å². The van der Waals surface area contributed by atoms with E-state index in [0.717, 1.165) is 48.4 Å². The van der Waals surface area contributed by atoms with Gasteiger partial charge in [-0.25, -0.2) is 4.98 Å². The van der Waals surface area contributed by atoms with Crippen LogP contribution in [0.25, 0.3) is 22.8 Å². The molecule has 0 saturated carbocycles. The molecule has 3 heterocycles. The molecule has 0 bridgehead atoms. The van der Waals surface area contributed by atoms with E-state index in [-0.39, 0.29) is 11.8 Å². The number of halogens is 1. The van der Waals surface area contributed by atoms with Crippen LogP contribution in [0.1, 0.15) is 24.0 Å². The van der Waals surface area contributed by atoms with Crippen LogP contribution in [0, 0.1) is 12.8 Å². The number of benzene rings is 2. The van der Waals surface area contributed by atoms with E-state index in [1.54, 1.807) is 18.3 Å². The zero-order valence-corrected chi connectivity index (χ0v) is 20.2. The van der Waals surface area contributed by atoms with Crippen molar-refractivity contribution in [3.63, 3.8) is 0 Å².